The van der Waals surface area contributed by atoms with Crippen LogP contribution >= 0.6 is 11.6 Å². The van der Waals surface area contributed by atoms with E-state index in [1.165, 1.54) is 6.07 Å². The highest BCUT2D eigenvalue weighted by molar-refractivity contribution is 6.31. The molecule has 3 aromatic heterocycles. The molecule has 5 aromatic rings. The first kappa shape index (κ1) is 21.4. The van der Waals surface area contributed by atoms with Crippen LogP contribution in [0, 0.1) is 0 Å². The Morgan fingerprint density at radius 2 is 1.91 bits per heavy atom. The Hall–Kier alpha value is -4.43. The Kier molecular flexibility index (Phi) is 5.57. The highest BCUT2D eigenvalue weighted by atomic mass is 35.5. The molecule has 9 heteroatoms. The van der Waals surface area contributed by atoms with Crippen LogP contribution in [-0.4, -0.2) is 38.4 Å². The maximum absolute atomic E-state index is 12.9. The second kappa shape index (κ2) is 8.84. The van der Waals surface area contributed by atoms with Gasteiger partial charge in [0.1, 0.15) is 17.1 Å². The molecule has 34 heavy (non-hydrogen) atoms. The van der Waals surface area contributed by atoms with Crippen LogP contribution < -0.4 is 9.47 Å². The number of carbonyl (C=O) groups is 2. The lowest BCUT2D eigenvalue weighted by molar-refractivity contribution is 0.0688. The molecular formula is C25H16ClN3O5. The lowest BCUT2D eigenvalue weighted by Crippen LogP contribution is -2.14. The number of hydrogen-bond acceptors (Lipinski definition) is 6. The average molecular weight is 474 g/mol. The minimum absolute atomic E-state index is 0.136. The van der Waals surface area contributed by atoms with Gasteiger partial charge >= 0.3 is 5.97 Å². The third kappa shape index (κ3) is 4.26. The van der Waals surface area contributed by atoms with Gasteiger partial charge in [-0.15, -0.1) is 0 Å². The summed E-state index contributed by atoms with van der Waals surface area (Å²) in [7, 11) is 0. The van der Waals surface area contributed by atoms with Crippen LogP contribution in [0.25, 0.3) is 21.8 Å². The van der Waals surface area contributed by atoms with Gasteiger partial charge in [0, 0.05) is 45.3 Å². The SMILES string of the molecule is O=C(O)c1cc2cc(Cl)ccc2nc1OCC(=O)c1c[nH]c2cc(Oc3cccnc3)ccc12. The second-order valence-corrected chi connectivity index (χ2v) is 7.83. The molecule has 0 atom stereocenters. The molecule has 0 spiro atoms. The molecule has 0 unspecified atom stereocenters. The van der Waals surface area contributed by atoms with Gasteiger partial charge in [-0.2, -0.15) is 0 Å². The number of fused-ring (bicyclic) bond motifs is 2. The van der Waals surface area contributed by atoms with Crippen molar-refractivity contribution in [2.24, 2.45) is 0 Å². The number of nitrogens with zero attached hydrogens (tertiary/aromatic N) is 2. The third-order valence-corrected chi connectivity index (χ3v) is 5.37. The molecular weight excluding hydrogens is 458 g/mol. The Morgan fingerprint density at radius 1 is 1.03 bits per heavy atom. The first-order chi connectivity index (χ1) is 16.5. The normalized spacial score (nSPS) is 11.0. The Labute approximate surface area is 197 Å². The fourth-order valence-electron chi connectivity index (χ4n) is 3.55. The third-order valence-electron chi connectivity index (χ3n) is 5.14. The summed E-state index contributed by atoms with van der Waals surface area (Å²) in [5, 5.41) is 11.3. The molecule has 8 nitrogen and oxygen atoms in total. The number of nitrogens with one attached hydrogen (secondary N) is 1. The number of aromatic nitrogens is 3. The van der Waals surface area contributed by atoms with E-state index in [0.717, 1.165) is 0 Å². The Bertz CT molecular complexity index is 1550. The van der Waals surface area contributed by atoms with E-state index in [2.05, 4.69) is 15.0 Å². The number of pyridine rings is 2. The number of benzene rings is 2. The molecule has 0 amide bonds. The minimum Gasteiger partial charge on any atom is -0.477 e. The van der Waals surface area contributed by atoms with Gasteiger partial charge < -0.3 is 19.6 Å². The van der Waals surface area contributed by atoms with Crippen LogP contribution in [0.1, 0.15) is 20.7 Å². The van der Waals surface area contributed by atoms with Crippen molar-refractivity contribution in [3.8, 4) is 17.4 Å². The monoisotopic (exact) mass is 473 g/mol. The van der Waals surface area contributed by atoms with Crippen molar-refractivity contribution in [1.82, 2.24) is 15.0 Å². The number of Topliss-reactive ketones (excluding diaryl/α,β-unsaturated/α-hetero) is 1. The smallest absolute Gasteiger partial charge is 0.341 e. The number of ether oxygens (including phenoxy) is 2. The molecule has 0 bridgehead atoms. The topological polar surface area (TPSA) is 114 Å². The largest absolute Gasteiger partial charge is 0.477 e. The first-order valence-electron chi connectivity index (χ1n) is 10.2. The number of aromatic amines is 1. The standard InChI is InChI=1S/C25H16ClN3O5/c26-15-3-6-21-14(8-15)9-19(25(31)32)24(29-21)33-13-23(30)20-12-28-22-10-16(4-5-18(20)22)34-17-2-1-7-27-11-17/h1-12,28H,13H2,(H,31,32). The summed E-state index contributed by atoms with van der Waals surface area (Å²) in [4.78, 5) is 35.9. The van der Waals surface area contributed by atoms with Crippen molar-refractivity contribution in [3.63, 3.8) is 0 Å². The van der Waals surface area contributed by atoms with Gasteiger partial charge in [-0.25, -0.2) is 9.78 Å². The van der Waals surface area contributed by atoms with E-state index in [1.54, 1.807) is 67.1 Å². The lowest BCUT2D eigenvalue weighted by atomic mass is 10.1. The summed E-state index contributed by atoms with van der Waals surface area (Å²) < 4.78 is 11.3. The minimum atomic E-state index is -1.22. The van der Waals surface area contributed by atoms with Crippen molar-refractivity contribution in [2.45, 2.75) is 0 Å². The maximum Gasteiger partial charge on any atom is 0.341 e. The van der Waals surface area contributed by atoms with Gasteiger partial charge in [-0.05, 0) is 48.5 Å². The van der Waals surface area contributed by atoms with Gasteiger partial charge in [0.2, 0.25) is 11.7 Å². The van der Waals surface area contributed by atoms with Crippen LogP contribution in [0.4, 0.5) is 0 Å². The number of rotatable bonds is 7. The lowest BCUT2D eigenvalue weighted by Gasteiger charge is -2.09. The highest BCUT2D eigenvalue weighted by Crippen LogP contribution is 2.28. The van der Waals surface area contributed by atoms with E-state index in [4.69, 9.17) is 21.1 Å². The number of aromatic carboxylic acids is 1. The van der Waals surface area contributed by atoms with E-state index in [0.29, 0.717) is 43.9 Å². The Balaban J connectivity index is 1.37. The molecule has 168 valence electrons. The quantitative estimate of drug-likeness (QED) is 0.299. The summed E-state index contributed by atoms with van der Waals surface area (Å²) in [6, 6.07) is 15.2. The summed E-state index contributed by atoms with van der Waals surface area (Å²) >= 11 is 5.98. The fraction of sp³-hybridized carbons (Fsp3) is 0.0400. The van der Waals surface area contributed by atoms with Gasteiger partial charge in [-0.1, -0.05) is 11.6 Å². The number of carbonyl (C=O) groups excluding carboxylic acids is 1. The van der Waals surface area contributed by atoms with E-state index >= 15 is 0 Å². The molecule has 0 saturated heterocycles. The Morgan fingerprint density at radius 3 is 2.71 bits per heavy atom. The number of ketones is 1. The van der Waals surface area contributed by atoms with Crippen molar-refractivity contribution < 1.29 is 24.2 Å². The number of halogens is 1. The first-order valence-corrected chi connectivity index (χ1v) is 10.5. The van der Waals surface area contributed by atoms with Crippen LogP contribution in [-0.2, 0) is 0 Å². The second-order valence-electron chi connectivity index (χ2n) is 7.40. The van der Waals surface area contributed by atoms with E-state index < -0.39 is 5.97 Å². The highest BCUT2D eigenvalue weighted by Gasteiger charge is 2.18. The molecule has 5 rings (SSSR count). The molecule has 2 N–H and O–H groups in total. The predicted octanol–water partition coefficient (Wildman–Crippen LogP) is 5.52. The van der Waals surface area contributed by atoms with Crippen molar-refractivity contribution in [3.05, 3.63) is 89.3 Å². The maximum atomic E-state index is 12.9. The number of carboxylic acid groups (broad SMARTS) is 1. The zero-order valence-corrected chi connectivity index (χ0v) is 18.2. The van der Waals surface area contributed by atoms with Crippen LogP contribution in [0.3, 0.4) is 0 Å². The number of carboxylic acids is 1. The van der Waals surface area contributed by atoms with Gasteiger partial charge in [0.15, 0.2) is 6.61 Å². The van der Waals surface area contributed by atoms with Crippen molar-refractivity contribution in [2.75, 3.05) is 6.61 Å². The van der Waals surface area contributed by atoms with Gasteiger partial charge in [-0.3, -0.25) is 9.78 Å². The summed E-state index contributed by atoms with van der Waals surface area (Å²) in [6.07, 6.45) is 4.84. The number of hydrogen-bond donors (Lipinski definition) is 2. The van der Waals surface area contributed by atoms with Crippen LogP contribution in [0.15, 0.2) is 73.2 Å². The van der Waals surface area contributed by atoms with E-state index in [-0.39, 0.29) is 23.8 Å². The van der Waals surface area contributed by atoms with Gasteiger partial charge in [0.05, 0.1) is 11.7 Å². The van der Waals surface area contributed by atoms with Crippen LogP contribution in [0.2, 0.25) is 5.02 Å². The van der Waals surface area contributed by atoms with Crippen molar-refractivity contribution in [1.29, 1.82) is 0 Å². The zero-order chi connectivity index (χ0) is 23.7. The summed E-state index contributed by atoms with van der Waals surface area (Å²) in [5.74, 6) is -0.504. The molecule has 0 aliphatic carbocycles. The van der Waals surface area contributed by atoms with E-state index in [9.17, 15) is 14.7 Å². The fourth-order valence-corrected chi connectivity index (χ4v) is 3.73. The molecule has 2 aromatic carbocycles. The summed E-state index contributed by atoms with van der Waals surface area (Å²) in [5.41, 5.74) is 1.47. The molecule has 0 radical (unpaired) electrons. The van der Waals surface area contributed by atoms with Crippen LogP contribution in [0.5, 0.6) is 17.4 Å². The molecule has 0 aliphatic heterocycles. The molecule has 0 saturated carbocycles. The average Bonchev–Trinajstić information content (AvgIpc) is 3.26. The molecule has 0 aliphatic rings. The molecule has 3 heterocycles. The zero-order valence-electron chi connectivity index (χ0n) is 17.5. The van der Waals surface area contributed by atoms with Gasteiger partial charge in [0.25, 0.3) is 0 Å². The predicted molar refractivity (Wildman–Crippen MR) is 126 cm³/mol. The van der Waals surface area contributed by atoms with Crippen molar-refractivity contribution >= 4 is 45.2 Å². The summed E-state index contributed by atoms with van der Waals surface area (Å²) in [6.45, 7) is -0.382. The number of H-pyrrole nitrogens is 1. The molecule has 0 fully saturated rings. The van der Waals surface area contributed by atoms with E-state index in [1.807, 2.05) is 0 Å².